The summed E-state index contributed by atoms with van der Waals surface area (Å²) < 4.78 is 0. The van der Waals surface area contributed by atoms with E-state index in [1.165, 1.54) is 12.4 Å². The zero-order valence-corrected chi connectivity index (χ0v) is 17.3. The molecule has 0 radical (unpaired) electrons. The van der Waals surface area contributed by atoms with Crippen molar-refractivity contribution < 1.29 is 24.7 Å². The number of nitrogens with one attached hydrogen (secondary N) is 3. The van der Waals surface area contributed by atoms with Gasteiger partial charge in [0.2, 0.25) is 0 Å². The molecule has 2 amide bonds. The molecule has 5 N–H and O–H groups in total. The maximum atomic E-state index is 12.3. The van der Waals surface area contributed by atoms with Gasteiger partial charge in [0.25, 0.3) is 11.8 Å². The van der Waals surface area contributed by atoms with Crippen LogP contribution in [0, 0.1) is 11.8 Å². The van der Waals surface area contributed by atoms with Gasteiger partial charge in [0.05, 0.1) is 12.6 Å². The molecule has 31 heavy (non-hydrogen) atoms. The third-order valence-electron chi connectivity index (χ3n) is 4.41. The Hall–Kier alpha value is -3.67. The predicted octanol–water partition coefficient (Wildman–Crippen LogP) is 1.46. The molecule has 8 heteroatoms. The number of hydrogen-bond acceptors (Lipinski definition) is 6. The van der Waals surface area contributed by atoms with E-state index >= 15 is 0 Å². The fraction of sp³-hybridized carbons (Fsp3) is 0.261. The Morgan fingerprint density at radius 3 is 2.32 bits per heavy atom. The largest absolute Gasteiger partial charge is 0.391 e. The number of carbonyl (C=O) groups excluding carboxylic acids is 3. The highest BCUT2D eigenvalue weighted by Gasteiger charge is 2.25. The minimum absolute atomic E-state index is 0.123. The van der Waals surface area contributed by atoms with Crippen molar-refractivity contribution in [3.63, 3.8) is 0 Å². The molecule has 0 bridgehead atoms. The molecule has 0 fully saturated rings. The first-order chi connectivity index (χ1) is 14.8. The molecule has 2 aromatic rings. The smallest absolute Gasteiger partial charge is 0.268 e. The van der Waals surface area contributed by atoms with Crippen molar-refractivity contribution in [1.29, 1.82) is 0 Å². The predicted molar refractivity (Wildman–Crippen MR) is 116 cm³/mol. The van der Waals surface area contributed by atoms with E-state index in [-0.39, 0.29) is 17.9 Å². The first-order valence-corrected chi connectivity index (χ1v) is 9.74. The van der Waals surface area contributed by atoms with Crippen molar-refractivity contribution >= 4 is 23.3 Å². The lowest BCUT2D eigenvalue weighted by atomic mass is 10.1. The van der Waals surface area contributed by atoms with Gasteiger partial charge in [-0.1, -0.05) is 24.8 Å². The number of carbonyl (C=O) groups is 3. The lowest BCUT2D eigenvalue weighted by molar-refractivity contribution is -0.133. The average molecular weight is 423 g/mol. The molecule has 0 saturated heterocycles. The van der Waals surface area contributed by atoms with Gasteiger partial charge in [0.1, 0.15) is 6.04 Å². The van der Waals surface area contributed by atoms with Crippen LogP contribution in [0.3, 0.4) is 0 Å². The molecular weight excluding hydrogens is 398 g/mol. The molecule has 0 heterocycles. The summed E-state index contributed by atoms with van der Waals surface area (Å²) in [6.07, 6.45) is -0.707. The van der Waals surface area contributed by atoms with Crippen molar-refractivity contribution in [2.45, 2.75) is 32.4 Å². The molecule has 2 rings (SSSR count). The number of amides is 2. The van der Waals surface area contributed by atoms with Gasteiger partial charge in [-0.05, 0) is 49.4 Å². The van der Waals surface area contributed by atoms with E-state index in [0.29, 0.717) is 12.0 Å². The van der Waals surface area contributed by atoms with Crippen molar-refractivity contribution in [3.8, 4) is 11.8 Å². The van der Waals surface area contributed by atoms with Crippen molar-refractivity contribution in [3.05, 3.63) is 65.2 Å². The van der Waals surface area contributed by atoms with E-state index in [0.717, 1.165) is 11.3 Å². The number of Topliss-reactive ketones (excluding diaryl/α,β-unsaturated/α-hetero) is 1. The number of hydroxylamine groups is 1. The van der Waals surface area contributed by atoms with E-state index in [2.05, 4.69) is 22.5 Å². The van der Waals surface area contributed by atoms with E-state index in [1.54, 1.807) is 24.3 Å². The van der Waals surface area contributed by atoms with Crippen LogP contribution < -0.4 is 16.1 Å². The van der Waals surface area contributed by atoms with E-state index < -0.39 is 24.0 Å². The summed E-state index contributed by atoms with van der Waals surface area (Å²) in [5.74, 6) is 4.67. The summed E-state index contributed by atoms with van der Waals surface area (Å²) >= 11 is 0. The summed E-state index contributed by atoms with van der Waals surface area (Å²) in [5, 5.41) is 23.7. The Balaban J connectivity index is 2.05. The second-order valence-corrected chi connectivity index (χ2v) is 6.82. The Morgan fingerprint density at radius 2 is 1.71 bits per heavy atom. The summed E-state index contributed by atoms with van der Waals surface area (Å²) in [5.41, 5.74) is 3.94. The van der Waals surface area contributed by atoms with Crippen LogP contribution in [-0.4, -0.2) is 46.6 Å². The van der Waals surface area contributed by atoms with Crippen molar-refractivity contribution in [2.75, 3.05) is 11.9 Å². The molecule has 0 aliphatic carbocycles. The van der Waals surface area contributed by atoms with Gasteiger partial charge >= 0.3 is 0 Å². The van der Waals surface area contributed by atoms with Crippen LogP contribution in [0.5, 0.6) is 0 Å². The molecule has 0 aromatic heterocycles. The van der Waals surface area contributed by atoms with Gasteiger partial charge in [0.15, 0.2) is 5.78 Å². The molecule has 0 spiro atoms. The van der Waals surface area contributed by atoms with Crippen LogP contribution in [-0.2, 0) is 9.59 Å². The number of hydrogen-bond donors (Lipinski definition) is 5. The lowest BCUT2D eigenvalue weighted by Gasteiger charge is -2.19. The van der Waals surface area contributed by atoms with Crippen LogP contribution in [0.15, 0.2) is 48.5 Å². The molecule has 0 aliphatic heterocycles. The highest BCUT2D eigenvalue weighted by molar-refractivity contribution is 5.97. The number of ketones is 1. The Bertz CT molecular complexity index is 990. The summed E-state index contributed by atoms with van der Waals surface area (Å²) in [4.78, 5) is 35.3. The molecule has 2 atom stereocenters. The molecule has 0 saturated carbocycles. The summed E-state index contributed by atoms with van der Waals surface area (Å²) in [7, 11) is 0. The third kappa shape index (κ3) is 7.26. The molecular formula is C23H25N3O5. The number of rotatable bonds is 8. The van der Waals surface area contributed by atoms with E-state index in [1.807, 2.05) is 31.2 Å². The molecule has 0 aliphatic rings. The van der Waals surface area contributed by atoms with Crippen LogP contribution in [0.4, 0.5) is 5.69 Å². The molecule has 8 nitrogen and oxygen atoms in total. The number of anilines is 1. The number of aliphatic hydroxyl groups is 1. The van der Waals surface area contributed by atoms with Crippen molar-refractivity contribution in [1.82, 2.24) is 10.8 Å². The Labute approximate surface area is 180 Å². The maximum Gasteiger partial charge on any atom is 0.268 e. The monoisotopic (exact) mass is 423 g/mol. The quantitative estimate of drug-likeness (QED) is 0.249. The van der Waals surface area contributed by atoms with Gasteiger partial charge in [-0.25, -0.2) is 5.48 Å². The highest BCUT2D eigenvalue weighted by Crippen LogP contribution is 2.10. The van der Waals surface area contributed by atoms with Gasteiger partial charge < -0.3 is 15.7 Å². The first kappa shape index (κ1) is 23.6. The molecule has 0 unspecified atom stereocenters. The topological polar surface area (TPSA) is 128 Å². The van der Waals surface area contributed by atoms with Crippen LogP contribution in [0.25, 0.3) is 0 Å². The zero-order valence-electron chi connectivity index (χ0n) is 17.3. The molecule has 162 valence electrons. The summed E-state index contributed by atoms with van der Waals surface area (Å²) in [6, 6.07) is 12.5. The number of aliphatic hydroxyl groups excluding tert-OH is 1. The average Bonchev–Trinajstić information content (AvgIpc) is 2.79. The standard InChI is InChI=1S/C23H25N3O5/c1-3-20(28)14-24-19-6-4-5-17(13-19)8-7-16-9-11-18(12-10-16)22(29)25-21(15(2)27)23(30)26-31/h4-6,9-13,15,21,24,27,31H,3,14H2,1-2H3,(H,25,29)(H,26,30)/t15-,21+/m1/s1. The van der Waals surface area contributed by atoms with Crippen LogP contribution >= 0.6 is 0 Å². The Kier molecular flexibility index (Phi) is 8.76. The van der Waals surface area contributed by atoms with Gasteiger partial charge in [-0.2, -0.15) is 0 Å². The second kappa shape index (κ2) is 11.5. The minimum Gasteiger partial charge on any atom is -0.391 e. The summed E-state index contributed by atoms with van der Waals surface area (Å²) in [6.45, 7) is 3.41. The number of benzene rings is 2. The van der Waals surface area contributed by atoms with E-state index in [4.69, 9.17) is 5.21 Å². The second-order valence-electron chi connectivity index (χ2n) is 6.82. The van der Waals surface area contributed by atoms with Crippen LogP contribution in [0.1, 0.15) is 41.8 Å². The fourth-order valence-electron chi connectivity index (χ4n) is 2.58. The Morgan fingerprint density at radius 1 is 1.03 bits per heavy atom. The minimum atomic E-state index is -1.29. The lowest BCUT2D eigenvalue weighted by Crippen LogP contribution is -2.51. The third-order valence-corrected chi connectivity index (χ3v) is 4.41. The van der Waals surface area contributed by atoms with Gasteiger partial charge in [-0.15, -0.1) is 0 Å². The van der Waals surface area contributed by atoms with E-state index in [9.17, 15) is 19.5 Å². The van der Waals surface area contributed by atoms with Gasteiger partial charge in [0, 0.05) is 28.8 Å². The first-order valence-electron chi connectivity index (χ1n) is 9.74. The SMILES string of the molecule is CCC(=O)CNc1cccc(C#Cc2ccc(C(=O)N[C@H](C(=O)NO)[C@@H](C)O)cc2)c1. The fourth-order valence-corrected chi connectivity index (χ4v) is 2.58. The normalized spacial score (nSPS) is 12.0. The molecule has 2 aromatic carbocycles. The van der Waals surface area contributed by atoms with Crippen LogP contribution in [0.2, 0.25) is 0 Å². The highest BCUT2D eigenvalue weighted by atomic mass is 16.5. The van der Waals surface area contributed by atoms with Crippen molar-refractivity contribution in [2.24, 2.45) is 0 Å². The van der Waals surface area contributed by atoms with Gasteiger partial charge in [-0.3, -0.25) is 19.6 Å². The zero-order chi connectivity index (χ0) is 22.8. The maximum absolute atomic E-state index is 12.3.